The minimum absolute atomic E-state index is 0.316. The van der Waals surface area contributed by atoms with Crippen LogP contribution in [0.3, 0.4) is 0 Å². The molecule has 3 heterocycles. The number of piperazine rings is 1. The van der Waals surface area contributed by atoms with Crippen LogP contribution in [0.25, 0.3) is 10.9 Å². The Balaban J connectivity index is 1.67. The van der Waals surface area contributed by atoms with Crippen molar-refractivity contribution in [3.05, 3.63) is 51.6 Å². The van der Waals surface area contributed by atoms with E-state index in [9.17, 15) is 5.26 Å². The van der Waals surface area contributed by atoms with Crippen molar-refractivity contribution in [3.8, 4) is 11.8 Å². The Morgan fingerprint density at radius 2 is 1.97 bits per heavy atom. The number of hydrogen-bond acceptors (Lipinski definition) is 5. The van der Waals surface area contributed by atoms with Crippen molar-refractivity contribution >= 4 is 38.2 Å². The Morgan fingerprint density at radius 3 is 2.72 bits per heavy atom. The van der Waals surface area contributed by atoms with Gasteiger partial charge in [0.05, 0.1) is 34.2 Å². The molecule has 0 radical (unpaired) electrons. The molecule has 1 fully saturated rings. The summed E-state index contributed by atoms with van der Waals surface area (Å²) in [5.74, 6) is 0.783. The van der Waals surface area contributed by atoms with Crippen molar-refractivity contribution in [1.82, 2.24) is 10.3 Å². The van der Waals surface area contributed by atoms with Crippen molar-refractivity contribution < 1.29 is 4.84 Å². The maximum atomic E-state index is 9.24. The van der Waals surface area contributed by atoms with Crippen molar-refractivity contribution in [3.63, 3.8) is 0 Å². The van der Waals surface area contributed by atoms with E-state index in [1.54, 1.807) is 0 Å². The molecule has 2 aliphatic rings. The van der Waals surface area contributed by atoms with Crippen LogP contribution in [0.1, 0.15) is 30.7 Å². The van der Waals surface area contributed by atoms with Gasteiger partial charge in [-0.1, -0.05) is 13.8 Å². The van der Waals surface area contributed by atoms with E-state index in [4.69, 9.17) is 4.84 Å². The predicted octanol–water partition coefficient (Wildman–Crippen LogP) is 4.26. The third kappa shape index (κ3) is 2.86. The highest BCUT2D eigenvalue weighted by atomic mass is 79.9. The topological polar surface area (TPSA) is 76.1 Å². The van der Waals surface area contributed by atoms with Gasteiger partial charge in [-0.2, -0.15) is 5.26 Å². The average Bonchev–Trinajstić information content (AvgIpc) is 3.06. The molecule has 6 nitrogen and oxygen atoms in total. The smallest absolute Gasteiger partial charge is 0.184 e. The summed E-state index contributed by atoms with van der Waals surface area (Å²) in [7, 11) is 0. The van der Waals surface area contributed by atoms with Crippen LogP contribution in [-0.2, 0) is 5.41 Å². The van der Waals surface area contributed by atoms with Crippen LogP contribution in [0.4, 0.5) is 11.4 Å². The van der Waals surface area contributed by atoms with E-state index in [1.807, 2.05) is 18.2 Å². The quantitative estimate of drug-likeness (QED) is 0.515. The lowest BCUT2D eigenvalue weighted by Gasteiger charge is -2.32. The van der Waals surface area contributed by atoms with E-state index < -0.39 is 0 Å². The van der Waals surface area contributed by atoms with Gasteiger partial charge in [0.15, 0.2) is 5.75 Å². The number of fused-ring (bicyclic) bond motifs is 4. The molecule has 0 aliphatic carbocycles. The molecule has 2 aliphatic heterocycles. The molecule has 1 saturated heterocycles. The lowest BCUT2D eigenvalue weighted by atomic mass is 9.80. The maximum absolute atomic E-state index is 9.24. The summed E-state index contributed by atoms with van der Waals surface area (Å²) in [6.45, 7) is 8.35. The summed E-state index contributed by atoms with van der Waals surface area (Å²) >= 11 is 3.76. The van der Waals surface area contributed by atoms with Crippen LogP contribution in [-0.4, -0.2) is 31.2 Å². The Kier molecular flexibility index (Phi) is 4.23. The number of H-pyrrole nitrogens is 1. The number of rotatable bonds is 1. The normalized spacial score (nSPS) is 17.5. The minimum Gasteiger partial charge on any atom is -0.380 e. The number of nitriles is 1. The molecular weight excluding hydrogens is 430 g/mol. The van der Waals surface area contributed by atoms with Crippen LogP contribution in [0.2, 0.25) is 0 Å². The van der Waals surface area contributed by atoms with Gasteiger partial charge in [0, 0.05) is 41.5 Å². The number of nitrogens with zero attached hydrogens (tertiary/aromatic N) is 2. The molecule has 0 saturated carbocycles. The molecule has 1 aromatic heterocycles. The Hall–Kier alpha value is -2.69. The SMILES string of the molecule is CC1(C)c2cc(N3CCNCC3)c(Br)cc2NOc2c1[nH]c1cc(C#N)ccc21. The molecule has 0 spiro atoms. The Morgan fingerprint density at radius 1 is 1.17 bits per heavy atom. The fourth-order valence-electron chi connectivity index (χ4n) is 4.34. The van der Waals surface area contributed by atoms with E-state index in [2.05, 4.69) is 68.7 Å². The highest BCUT2D eigenvalue weighted by Gasteiger charge is 2.36. The van der Waals surface area contributed by atoms with Crippen molar-refractivity contribution in [2.75, 3.05) is 36.6 Å². The number of anilines is 2. The molecular formula is C22H22BrN5O. The van der Waals surface area contributed by atoms with Crippen LogP contribution >= 0.6 is 15.9 Å². The van der Waals surface area contributed by atoms with E-state index in [0.29, 0.717) is 5.56 Å². The lowest BCUT2D eigenvalue weighted by Crippen LogP contribution is -2.43. The molecule has 3 aromatic rings. The fourth-order valence-corrected chi connectivity index (χ4v) is 4.93. The lowest BCUT2D eigenvalue weighted by molar-refractivity contribution is 0.405. The van der Waals surface area contributed by atoms with E-state index in [0.717, 1.165) is 58.7 Å². The van der Waals surface area contributed by atoms with E-state index >= 15 is 0 Å². The van der Waals surface area contributed by atoms with Gasteiger partial charge in [0.25, 0.3) is 0 Å². The van der Waals surface area contributed by atoms with Crippen LogP contribution in [0.5, 0.6) is 5.75 Å². The van der Waals surface area contributed by atoms with Crippen LogP contribution < -0.4 is 20.5 Å². The molecule has 29 heavy (non-hydrogen) atoms. The summed E-state index contributed by atoms with van der Waals surface area (Å²) in [6.07, 6.45) is 0. The van der Waals surface area contributed by atoms with E-state index in [-0.39, 0.29) is 5.41 Å². The van der Waals surface area contributed by atoms with Crippen LogP contribution in [0, 0.1) is 11.3 Å². The molecule has 7 heteroatoms. The maximum Gasteiger partial charge on any atom is 0.184 e. The predicted molar refractivity (Wildman–Crippen MR) is 119 cm³/mol. The largest absolute Gasteiger partial charge is 0.380 e. The third-order valence-electron chi connectivity index (χ3n) is 5.99. The molecule has 0 amide bonds. The number of benzene rings is 2. The molecule has 148 valence electrons. The number of hydrogen-bond donors (Lipinski definition) is 3. The van der Waals surface area contributed by atoms with Gasteiger partial charge in [-0.15, -0.1) is 0 Å². The molecule has 3 N–H and O–H groups in total. The summed E-state index contributed by atoms with van der Waals surface area (Å²) in [4.78, 5) is 12.0. The number of nitrogens with one attached hydrogen (secondary N) is 3. The van der Waals surface area contributed by atoms with Gasteiger partial charge in [-0.25, -0.2) is 5.48 Å². The summed E-state index contributed by atoms with van der Waals surface area (Å²) < 4.78 is 1.05. The number of halogens is 1. The van der Waals surface area contributed by atoms with Gasteiger partial charge in [0.1, 0.15) is 0 Å². The zero-order chi connectivity index (χ0) is 20.2. The summed E-state index contributed by atoms with van der Waals surface area (Å²) in [5.41, 5.74) is 8.71. The molecule has 2 aromatic carbocycles. The summed E-state index contributed by atoms with van der Waals surface area (Å²) in [5, 5.41) is 13.6. The van der Waals surface area contributed by atoms with Gasteiger partial charge >= 0.3 is 0 Å². The second kappa shape index (κ2) is 6.68. The Bertz CT molecular complexity index is 1150. The first kappa shape index (κ1) is 18.3. The highest BCUT2D eigenvalue weighted by Crippen LogP contribution is 2.48. The van der Waals surface area contributed by atoms with Gasteiger partial charge in [-0.3, -0.25) is 0 Å². The zero-order valence-electron chi connectivity index (χ0n) is 16.4. The van der Waals surface area contributed by atoms with Gasteiger partial charge in [0.2, 0.25) is 0 Å². The third-order valence-corrected chi connectivity index (χ3v) is 6.62. The first-order chi connectivity index (χ1) is 14.0. The van der Waals surface area contributed by atoms with Crippen LogP contribution in [0.15, 0.2) is 34.8 Å². The van der Waals surface area contributed by atoms with Crippen molar-refractivity contribution in [1.29, 1.82) is 5.26 Å². The molecule has 5 rings (SSSR count). The van der Waals surface area contributed by atoms with Gasteiger partial charge < -0.3 is 20.0 Å². The van der Waals surface area contributed by atoms with Crippen molar-refractivity contribution in [2.45, 2.75) is 19.3 Å². The molecule has 0 atom stereocenters. The summed E-state index contributed by atoms with van der Waals surface area (Å²) in [6, 6.07) is 12.2. The zero-order valence-corrected chi connectivity index (χ0v) is 18.0. The fraction of sp³-hybridized carbons (Fsp3) is 0.318. The molecule has 0 unspecified atom stereocenters. The Labute approximate surface area is 177 Å². The highest BCUT2D eigenvalue weighted by molar-refractivity contribution is 9.10. The van der Waals surface area contributed by atoms with E-state index in [1.165, 1.54) is 11.3 Å². The standard InChI is InChI=1S/C22H22BrN5O/c1-22(2)15-10-19(28-7-5-25-6-8-28)16(23)11-18(15)27-29-20-14-4-3-13(12-24)9-17(14)26-21(20)22/h3-4,9-11,25-27H,5-8H2,1-2H3. The second-order valence-electron chi connectivity index (χ2n) is 8.12. The second-order valence-corrected chi connectivity index (χ2v) is 8.97. The first-order valence-corrected chi connectivity index (χ1v) is 10.6. The van der Waals surface area contributed by atoms with Crippen molar-refractivity contribution in [2.24, 2.45) is 0 Å². The monoisotopic (exact) mass is 451 g/mol. The average molecular weight is 452 g/mol. The van der Waals surface area contributed by atoms with Gasteiger partial charge in [-0.05, 0) is 51.8 Å². The molecule has 0 bridgehead atoms. The number of aromatic amines is 1. The number of aromatic nitrogens is 1. The minimum atomic E-state index is -0.316. The first-order valence-electron chi connectivity index (χ1n) is 9.78.